The summed E-state index contributed by atoms with van der Waals surface area (Å²) >= 11 is -0.375. The van der Waals surface area contributed by atoms with Crippen LogP contribution in [0.2, 0.25) is 0 Å². The summed E-state index contributed by atoms with van der Waals surface area (Å²) in [6.07, 6.45) is 0. The first kappa shape index (κ1) is 8.88. The Morgan fingerprint density at radius 1 is 1.75 bits per heavy atom. The van der Waals surface area contributed by atoms with Crippen molar-refractivity contribution in [2.75, 3.05) is 0 Å². The van der Waals surface area contributed by atoms with Crippen LogP contribution in [-0.4, -0.2) is 40.2 Å². The van der Waals surface area contributed by atoms with E-state index in [0.29, 0.717) is 0 Å². The normalized spacial score (nSPS) is 3.00. The topological polar surface area (TPSA) is 17.1 Å². The second kappa shape index (κ2) is 9.01. The molecule has 18 valence electrons. The Balaban J connectivity index is 0. The summed E-state index contributed by atoms with van der Waals surface area (Å²) < 4.78 is 8.99. The molecule has 1 nitrogen and oxygen atoms in total. The van der Waals surface area contributed by atoms with Gasteiger partial charge in [-0.1, -0.05) is 0 Å². The third-order valence-electron chi connectivity index (χ3n) is 0. The second-order valence-electron chi connectivity index (χ2n) is 0.167. The van der Waals surface area contributed by atoms with Gasteiger partial charge in [0.1, 0.15) is 0 Å². The zero-order valence-electron chi connectivity index (χ0n) is 1.82. The number of hydrogen-bond acceptors (Lipinski definition) is 1. The first-order chi connectivity index (χ1) is 1.41. The quantitative estimate of drug-likeness (QED) is 0.332. The van der Waals surface area contributed by atoms with Crippen molar-refractivity contribution in [2.45, 2.75) is 0 Å². The fourth-order valence-electron chi connectivity index (χ4n) is 0. The molecule has 0 aromatic heterocycles. The van der Waals surface area contributed by atoms with Crippen molar-refractivity contribution in [3.63, 3.8) is 0 Å². The van der Waals surface area contributed by atoms with Gasteiger partial charge in [-0.25, -0.2) is 0 Å². The van der Waals surface area contributed by atoms with E-state index in [1.165, 1.54) is 0 Å². The summed E-state index contributed by atoms with van der Waals surface area (Å²) in [4.78, 5) is 0. The molecule has 0 aliphatic rings. The zero-order valence-corrected chi connectivity index (χ0v) is 3.53. The third-order valence-corrected chi connectivity index (χ3v) is 0. The summed E-state index contributed by atoms with van der Waals surface area (Å²) in [5.74, 6) is 0. The summed E-state index contributed by atoms with van der Waals surface area (Å²) in [5.41, 5.74) is 0. The Hall–Kier alpha value is 0.982. The summed E-state index contributed by atoms with van der Waals surface area (Å²) in [6, 6.07) is 0. The average Bonchev–Trinajstić information content (AvgIpc) is 0.918. The Morgan fingerprint density at radius 3 is 1.75 bits per heavy atom. The van der Waals surface area contributed by atoms with Crippen LogP contribution in [0.4, 0.5) is 0 Å². The van der Waals surface area contributed by atoms with Crippen molar-refractivity contribution in [1.29, 1.82) is 0 Å². The van der Waals surface area contributed by atoms with Gasteiger partial charge in [0.05, 0.1) is 0 Å². The Bertz CT molecular complexity index is 15.5. The van der Waals surface area contributed by atoms with Crippen LogP contribution >= 0.6 is 0 Å². The maximum absolute atomic E-state index is 8.99. The van der Waals surface area contributed by atoms with Crippen molar-refractivity contribution in [3.05, 3.63) is 0 Å². The second-order valence-corrected chi connectivity index (χ2v) is 0.866. The van der Waals surface area contributed by atoms with Crippen LogP contribution < -0.4 is 0 Å². The third kappa shape index (κ3) is 12.1. The Morgan fingerprint density at radius 2 is 1.75 bits per heavy atom. The van der Waals surface area contributed by atoms with Gasteiger partial charge in [-0.3, -0.25) is 0 Å². The van der Waals surface area contributed by atoms with E-state index in [-0.39, 0.29) is 33.6 Å². The van der Waals surface area contributed by atoms with Gasteiger partial charge < -0.3 is 0 Å². The molecule has 0 amide bonds. The molecule has 0 atom stereocenters. The van der Waals surface area contributed by atoms with Crippen molar-refractivity contribution < 1.29 is 3.83 Å². The maximum atomic E-state index is 8.99. The average molecular weight is 116 g/mol. The van der Waals surface area contributed by atoms with Gasteiger partial charge in [0.15, 0.2) is 0 Å². The predicted octanol–water partition coefficient (Wildman–Crippen LogP) is -2.06. The van der Waals surface area contributed by atoms with Crippen LogP contribution in [0.15, 0.2) is 0 Å². The van der Waals surface area contributed by atoms with Crippen LogP contribution in [0.25, 0.3) is 0 Å². The van der Waals surface area contributed by atoms with Crippen LogP contribution in [0.5, 0.6) is 0 Å². The van der Waals surface area contributed by atoms with Gasteiger partial charge in [-0.05, 0) is 0 Å². The molecule has 0 aliphatic carbocycles. The standard InChI is InChI=1S/BH2OSe.Li.H/c1-3-2;;/h1H2;;/q+1;;. The van der Waals surface area contributed by atoms with E-state index in [2.05, 4.69) is 0 Å². The van der Waals surface area contributed by atoms with Crippen molar-refractivity contribution in [2.24, 2.45) is 0 Å². The molecule has 0 radical (unpaired) electrons. The molecular weight excluding hydrogens is 113 g/mol. The molecular formula is H3BLiOSe+. The van der Waals surface area contributed by atoms with E-state index < -0.39 is 0 Å². The summed E-state index contributed by atoms with van der Waals surface area (Å²) in [7, 11) is 0. The molecule has 4 heteroatoms. The van der Waals surface area contributed by atoms with E-state index in [1.807, 2.05) is 0 Å². The molecule has 0 unspecified atom stereocenters. The SMILES string of the molecule is B[Se+]=O.[LiH]. The number of rotatable bonds is 0. The van der Waals surface area contributed by atoms with Crippen LogP contribution in [0.1, 0.15) is 0 Å². The van der Waals surface area contributed by atoms with Crippen molar-refractivity contribution >= 4 is 40.2 Å². The first-order valence-corrected chi connectivity index (χ1v) is 2.99. The molecule has 0 N–H and O–H groups in total. The molecule has 0 rings (SSSR count). The molecule has 0 heterocycles. The van der Waals surface area contributed by atoms with Gasteiger partial charge >= 0.3 is 44.1 Å². The Labute approximate surface area is 44.3 Å². The molecule has 0 aliphatic heterocycles. The molecule has 0 aromatic carbocycles. The molecule has 0 saturated heterocycles. The van der Waals surface area contributed by atoms with Crippen molar-refractivity contribution in [1.82, 2.24) is 0 Å². The molecule has 0 bridgehead atoms. The van der Waals surface area contributed by atoms with Gasteiger partial charge in [-0.2, -0.15) is 0 Å². The van der Waals surface area contributed by atoms with E-state index in [4.69, 9.17) is 3.83 Å². The summed E-state index contributed by atoms with van der Waals surface area (Å²) in [5, 5.41) is 0. The van der Waals surface area contributed by atoms with Crippen molar-refractivity contribution in [3.8, 4) is 0 Å². The first-order valence-electron chi connectivity index (χ1n) is 0.575. The van der Waals surface area contributed by atoms with Crippen LogP contribution in [0, 0.1) is 0 Å². The minimum absolute atomic E-state index is 0. The van der Waals surface area contributed by atoms with E-state index in [0.717, 1.165) is 0 Å². The van der Waals surface area contributed by atoms with Crippen LogP contribution in [-0.2, 0) is 3.83 Å². The zero-order chi connectivity index (χ0) is 2.71. The molecule has 0 fully saturated rings. The molecule has 0 saturated carbocycles. The molecule has 0 aromatic rings. The minimum atomic E-state index is -0.375. The predicted molar refractivity (Wildman–Crippen MR) is 22.1 cm³/mol. The fraction of sp³-hybridized carbons (Fsp3) is 0. The van der Waals surface area contributed by atoms with Gasteiger partial charge in [0, 0.05) is 0 Å². The van der Waals surface area contributed by atoms with E-state index in [9.17, 15) is 0 Å². The fourth-order valence-corrected chi connectivity index (χ4v) is 0. The van der Waals surface area contributed by atoms with E-state index in [1.54, 1.807) is 6.66 Å². The monoisotopic (exact) mass is 117 g/mol. The van der Waals surface area contributed by atoms with Gasteiger partial charge in [-0.15, -0.1) is 0 Å². The van der Waals surface area contributed by atoms with E-state index >= 15 is 0 Å². The number of hydrogen-bond donors (Lipinski definition) is 0. The Kier molecular flexibility index (Phi) is 20.0. The molecule has 0 spiro atoms. The van der Waals surface area contributed by atoms with Gasteiger partial charge in [0.25, 0.3) is 0 Å². The summed E-state index contributed by atoms with van der Waals surface area (Å²) in [6.45, 7) is 1.63. The molecule has 4 heavy (non-hydrogen) atoms. The van der Waals surface area contributed by atoms with Crippen LogP contribution in [0.3, 0.4) is 0 Å². The van der Waals surface area contributed by atoms with Gasteiger partial charge in [0.2, 0.25) is 0 Å².